The third kappa shape index (κ3) is 7.87. The molecule has 4 heterocycles. The standard InChI is InChI=1S/C35H41N5O4S/c41-31(39-34-38-30(24-45-34)26-11-5-2-6-12-26)23-40-18-14-28-27(22-40)13-7-8-15-35(16-19-44-20-17-35)33(43)37-29(32(42)36-28)21-25-9-3-1-4-10-25/h1-12,24,27-29H,13-23H2,(H,36,42)(H,37,43)(H,38,39,41)/b8-7+/t27-,28+,29+/m0/s1. The molecule has 2 aromatic carbocycles. The SMILES string of the molecule is O=C(CN1CC[C@H]2NC(=O)[C@@H](Cc3ccccc3)NC(=O)C3(C/C=C/C[C@H]2C1)CCOCC3)Nc1nc(-c2ccccc2)cs1. The van der Waals surface area contributed by atoms with Gasteiger partial charge in [0.05, 0.1) is 17.7 Å². The summed E-state index contributed by atoms with van der Waals surface area (Å²) < 4.78 is 5.61. The van der Waals surface area contributed by atoms with Crippen LogP contribution in [0.3, 0.4) is 0 Å². The third-order valence-electron chi connectivity index (χ3n) is 9.28. The number of amides is 3. The van der Waals surface area contributed by atoms with Crippen LogP contribution in [0.15, 0.2) is 78.2 Å². The van der Waals surface area contributed by atoms with Gasteiger partial charge in [-0.1, -0.05) is 72.8 Å². The molecule has 236 valence electrons. The number of rotatable bonds is 6. The first-order chi connectivity index (χ1) is 22.0. The Morgan fingerprint density at radius 1 is 1.02 bits per heavy atom. The molecule has 10 heteroatoms. The predicted molar refractivity (Wildman–Crippen MR) is 176 cm³/mol. The van der Waals surface area contributed by atoms with E-state index in [4.69, 9.17) is 4.74 Å². The first-order valence-corrected chi connectivity index (χ1v) is 16.8. The van der Waals surface area contributed by atoms with E-state index < -0.39 is 11.5 Å². The second-order valence-corrected chi connectivity index (χ2v) is 13.2. The molecule has 0 bridgehead atoms. The Hall–Kier alpha value is -3.86. The maximum atomic E-state index is 13.8. The number of piperidine rings is 1. The zero-order chi connectivity index (χ0) is 31.1. The van der Waals surface area contributed by atoms with Gasteiger partial charge in [0.25, 0.3) is 0 Å². The summed E-state index contributed by atoms with van der Waals surface area (Å²) in [5.41, 5.74) is 2.27. The fourth-order valence-electron chi connectivity index (χ4n) is 6.63. The van der Waals surface area contributed by atoms with Gasteiger partial charge in [-0.15, -0.1) is 11.3 Å². The summed E-state index contributed by atoms with van der Waals surface area (Å²) in [7, 11) is 0. The second-order valence-electron chi connectivity index (χ2n) is 12.4. The molecule has 0 radical (unpaired) electrons. The van der Waals surface area contributed by atoms with Crippen molar-refractivity contribution in [3.8, 4) is 11.3 Å². The number of nitrogens with zero attached hydrogens (tertiary/aromatic N) is 2. The topological polar surface area (TPSA) is 113 Å². The van der Waals surface area contributed by atoms with Crippen LogP contribution in [0.5, 0.6) is 0 Å². The average molecular weight is 628 g/mol. The number of carbonyl (C=O) groups excluding carboxylic acids is 3. The van der Waals surface area contributed by atoms with Gasteiger partial charge in [-0.25, -0.2) is 4.98 Å². The zero-order valence-corrected chi connectivity index (χ0v) is 26.3. The van der Waals surface area contributed by atoms with Crippen LogP contribution in [0, 0.1) is 11.3 Å². The monoisotopic (exact) mass is 627 g/mol. The number of carbonyl (C=O) groups is 3. The van der Waals surface area contributed by atoms with Gasteiger partial charge in [0.2, 0.25) is 17.7 Å². The summed E-state index contributed by atoms with van der Waals surface area (Å²) in [6.45, 7) is 2.70. The van der Waals surface area contributed by atoms with Crippen molar-refractivity contribution in [2.24, 2.45) is 11.3 Å². The van der Waals surface area contributed by atoms with Crippen LogP contribution in [-0.2, 0) is 25.5 Å². The summed E-state index contributed by atoms with van der Waals surface area (Å²) in [4.78, 5) is 47.4. The number of allylic oxidation sites excluding steroid dienone is 2. The lowest BCUT2D eigenvalue weighted by Crippen LogP contribution is -2.58. The number of likely N-dealkylation sites (tertiary alicyclic amines) is 1. The molecule has 0 saturated carbocycles. The minimum Gasteiger partial charge on any atom is -0.381 e. The molecule has 3 atom stereocenters. The van der Waals surface area contributed by atoms with Gasteiger partial charge < -0.3 is 20.7 Å². The summed E-state index contributed by atoms with van der Waals surface area (Å²) >= 11 is 1.42. The fourth-order valence-corrected chi connectivity index (χ4v) is 7.37. The van der Waals surface area contributed by atoms with Gasteiger partial charge in [0.15, 0.2) is 5.13 Å². The molecular weight excluding hydrogens is 586 g/mol. The number of hydrogen-bond donors (Lipinski definition) is 3. The summed E-state index contributed by atoms with van der Waals surface area (Å²) in [6.07, 6.45) is 8.07. The lowest BCUT2D eigenvalue weighted by Gasteiger charge is -2.40. The normalized spacial score (nSPS) is 24.8. The number of aromatic nitrogens is 1. The van der Waals surface area contributed by atoms with Crippen molar-refractivity contribution >= 4 is 34.2 Å². The summed E-state index contributed by atoms with van der Waals surface area (Å²) in [5.74, 6) is -0.185. The highest BCUT2D eigenvalue weighted by atomic mass is 32.1. The van der Waals surface area contributed by atoms with E-state index in [2.05, 4.69) is 38.0 Å². The van der Waals surface area contributed by atoms with Crippen molar-refractivity contribution < 1.29 is 19.1 Å². The summed E-state index contributed by atoms with van der Waals surface area (Å²) in [5, 5.41) is 12.0. The van der Waals surface area contributed by atoms with E-state index in [1.165, 1.54) is 11.3 Å². The lowest BCUT2D eigenvalue weighted by atomic mass is 9.75. The molecule has 2 saturated heterocycles. The van der Waals surface area contributed by atoms with Crippen molar-refractivity contribution in [2.75, 3.05) is 38.2 Å². The first kappa shape index (κ1) is 31.1. The Labute approximate surface area is 268 Å². The zero-order valence-electron chi connectivity index (χ0n) is 25.5. The smallest absolute Gasteiger partial charge is 0.243 e. The lowest BCUT2D eigenvalue weighted by molar-refractivity contribution is -0.140. The number of ether oxygens (including phenoxy) is 1. The molecule has 45 heavy (non-hydrogen) atoms. The molecule has 3 aliphatic rings. The van der Waals surface area contributed by atoms with Gasteiger partial charge >= 0.3 is 0 Å². The first-order valence-electron chi connectivity index (χ1n) is 15.9. The third-order valence-corrected chi connectivity index (χ3v) is 10.0. The Balaban J connectivity index is 1.14. The van der Waals surface area contributed by atoms with Crippen LogP contribution in [0.2, 0.25) is 0 Å². The van der Waals surface area contributed by atoms with Crippen LogP contribution < -0.4 is 16.0 Å². The number of anilines is 1. The van der Waals surface area contributed by atoms with Crippen molar-refractivity contribution in [3.05, 3.63) is 83.8 Å². The Kier molecular flexibility index (Phi) is 10.0. The Morgan fingerprint density at radius 3 is 2.56 bits per heavy atom. The molecular formula is C35H41N5O4S. The summed E-state index contributed by atoms with van der Waals surface area (Å²) in [6, 6.07) is 19.0. The molecule has 1 aromatic heterocycles. The highest BCUT2D eigenvalue weighted by Gasteiger charge is 2.41. The van der Waals surface area contributed by atoms with Gasteiger partial charge in [-0.2, -0.15) is 0 Å². The molecule has 3 N–H and O–H groups in total. The molecule has 0 unspecified atom stereocenters. The van der Waals surface area contributed by atoms with E-state index in [0.717, 1.165) is 29.7 Å². The minimum atomic E-state index is -0.674. The quantitative estimate of drug-likeness (QED) is 0.349. The predicted octanol–water partition coefficient (Wildman–Crippen LogP) is 4.43. The number of thiazole rings is 1. The van der Waals surface area contributed by atoms with E-state index in [0.29, 0.717) is 57.1 Å². The van der Waals surface area contributed by atoms with Gasteiger partial charge in [-0.3, -0.25) is 19.3 Å². The van der Waals surface area contributed by atoms with Crippen LogP contribution in [-0.4, -0.2) is 72.5 Å². The van der Waals surface area contributed by atoms with Crippen LogP contribution in [0.4, 0.5) is 5.13 Å². The molecule has 0 aliphatic carbocycles. The van der Waals surface area contributed by atoms with Gasteiger partial charge in [-0.05, 0) is 43.6 Å². The fraction of sp³-hybridized carbons (Fsp3) is 0.429. The van der Waals surface area contributed by atoms with Gasteiger partial charge in [0.1, 0.15) is 6.04 Å². The largest absolute Gasteiger partial charge is 0.381 e. The Bertz CT molecular complexity index is 1490. The van der Waals surface area contributed by atoms with Crippen molar-refractivity contribution in [1.29, 1.82) is 0 Å². The highest BCUT2D eigenvalue weighted by Crippen LogP contribution is 2.36. The number of benzene rings is 2. The van der Waals surface area contributed by atoms with Crippen molar-refractivity contribution in [1.82, 2.24) is 20.5 Å². The van der Waals surface area contributed by atoms with E-state index in [9.17, 15) is 14.4 Å². The molecule has 1 spiro atoms. The molecule has 6 rings (SSSR count). The molecule has 3 aliphatic heterocycles. The Morgan fingerprint density at radius 2 is 1.78 bits per heavy atom. The molecule has 2 fully saturated rings. The number of fused-ring (bicyclic) bond motifs is 1. The minimum absolute atomic E-state index is 0.0551. The van der Waals surface area contributed by atoms with E-state index in [-0.39, 0.29) is 36.2 Å². The maximum Gasteiger partial charge on any atom is 0.243 e. The van der Waals surface area contributed by atoms with E-state index in [1.807, 2.05) is 66.0 Å². The average Bonchev–Trinajstić information content (AvgIpc) is 3.53. The second kappa shape index (κ2) is 14.5. The van der Waals surface area contributed by atoms with E-state index in [1.54, 1.807) is 0 Å². The highest BCUT2D eigenvalue weighted by molar-refractivity contribution is 7.14. The molecule has 9 nitrogen and oxygen atoms in total. The maximum absolute atomic E-state index is 13.8. The number of hydrogen-bond acceptors (Lipinski definition) is 7. The van der Waals surface area contributed by atoms with Crippen LogP contribution >= 0.6 is 11.3 Å². The molecule has 3 amide bonds. The van der Waals surface area contributed by atoms with Crippen molar-refractivity contribution in [2.45, 2.75) is 50.6 Å². The van der Waals surface area contributed by atoms with Crippen LogP contribution in [0.25, 0.3) is 11.3 Å². The van der Waals surface area contributed by atoms with Gasteiger partial charge in [0, 0.05) is 49.7 Å². The molecule has 3 aromatic rings. The number of nitrogens with one attached hydrogen (secondary N) is 3. The van der Waals surface area contributed by atoms with Crippen molar-refractivity contribution in [3.63, 3.8) is 0 Å². The van der Waals surface area contributed by atoms with E-state index >= 15 is 0 Å². The van der Waals surface area contributed by atoms with Crippen LogP contribution in [0.1, 0.15) is 37.7 Å².